The average Bonchev–Trinajstić information content (AvgIpc) is 3.04. The number of rotatable bonds is 5. The summed E-state index contributed by atoms with van der Waals surface area (Å²) in [6.07, 6.45) is 7.43. The third kappa shape index (κ3) is 2.18. The van der Waals surface area contributed by atoms with Crippen molar-refractivity contribution in [1.29, 1.82) is 0 Å². The quantitative estimate of drug-likeness (QED) is 0.599. The number of unbranched alkanes of at least 4 members (excludes halogenated alkanes) is 1. The van der Waals surface area contributed by atoms with Crippen molar-refractivity contribution in [2.24, 2.45) is 0 Å². The van der Waals surface area contributed by atoms with Crippen LogP contribution >= 0.6 is 0 Å². The van der Waals surface area contributed by atoms with E-state index in [-0.39, 0.29) is 0 Å². The van der Waals surface area contributed by atoms with Gasteiger partial charge in [-0.1, -0.05) is 75.3 Å². The maximum absolute atomic E-state index is 2.55. The van der Waals surface area contributed by atoms with Crippen LogP contribution in [0.1, 0.15) is 49.8 Å². The summed E-state index contributed by atoms with van der Waals surface area (Å²) in [7, 11) is -1.56. The number of benzene rings is 2. The van der Waals surface area contributed by atoms with E-state index < -0.39 is 8.07 Å². The number of allylic oxidation sites excluding steroid dienone is 1. The first-order valence-electron chi connectivity index (χ1n) is 9.43. The summed E-state index contributed by atoms with van der Waals surface area (Å²) >= 11 is 0. The molecule has 0 atom stereocenters. The van der Waals surface area contributed by atoms with Crippen LogP contribution < -0.4 is 5.19 Å². The normalized spacial score (nSPS) is 17.0. The Bertz CT molecular complexity index is 822. The van der Waals surface area contributed by atoms with Gasteiger partial charge in [-0.05, 0) is 57.5 Å². The van der Waals surface area contributed by atoms with Gasteiger partial charge in [-0.25, -0.2) is 0 Å². The van der Waals surface area contributed by atoms with E-state index in [4.69, 9.17) is 0 Å². The van der Waals surface area contributed by atoms with Crippen LogP contribution in [0.15, 0.2) is 42.0 Å². The number of aryl methyl sites for hydroxylation is 1. The molecule has 0 amide bonds. The second-order valence-electron chi connectivity index (χ2n) is 7.78. The van der Waals surface area contributed by atoms with Crippen molar-refractivity contribution in [1.82, 2.24) is 0 Å². The minimum atomic E-state index is -1.56. The van der Waals surface area contributed by atoms with Gasteiger partial charge >= 0.3 is 0 Å². The lowest BCUT2D eigenvalue weighted by atomic mass is 9.96. The summed E-state index contributed by atoms with van der Waals surface area (Å²) in [6, 6.07) is 14.1. The molecule has 0 saturated heterocycles. The summed E-state index contributed by atoms with van der Waals surface area (Å²) in [4.78, 5) is 0. The second-order valence-corrected chi connectivity index (χ2v) is 12.1. The zero-order chi connectivity index (χ0) is 16.9. The fourth-order valence-corrected chi connectivity index (χ4v) is 8.13. The molecule has 0 spiro atoms. The minimum absolute atomic E-state index is 1.11. The van der Waals surface area contributed by atoms with Crippen molar-refractivity contribution in [3.63, 3.8) is 0 Å². The highest BCUT2D eigenvalue weighted by atomic mass is 28.3. The lowest BCUT2D eigenvalue weighted by Gasteiger charge is -2.22. The van der Waals surface area contributed by atoms with Crippen molar-refractivity contribution < 1.29 is 0 Å². The van der Waals surface area contributed by atoms with E-state index in [9.17, 15) is 0 Å². The van der Waals surface area contributed by atoms with Crippen LogP contribution in [0.2, 0.25) is 13.1 Å². The largest absolute Gasteiger partial charge is 0.113 e. The topological polar surface area (TPSA) is 0 Å². The van der Waals surface area contributed by atoms with Crippen molar-refractivity contribution in [3.8, 4) is 11.1 Å². The molecule has 1 radical (unpaired) electrons. The summed E-state index contributed by atoms with van der Waals surface area (Å²) in [6.45, 7) is 9.61. The third-order valence-corrected chi connectivity index (χ3v) is 9.47. The monoisotopic (exact) mass is 331 g/mol. The number of hydrogen-bond donors (Lipinski definition) is 0. The molecule has 0 N–H and O–H groups in total. The molecule has 2 aromatic carbocycles. The van der Waals surface area contributed by atoms with Gasteiger partial charge in [0.15, 0.2) is 0 Å². The van der Waals surface area contributed by atoms with Crippen molar-refractivity contribution in [3.05, 3.63) is 65.1 Å². The fraction of sp³-hybridized carbons (Fsp3) is 0.348. The standard InChI is InChI=1S/C23H27Si/c1-5-7-8-19-15-18-13-14-20-21(22(18)23(19)24(20,3)4)17-11-9-16(6-2)10-12-17/h9-15H,5-8H2,1-4H3. The van der Waals surface area contributed by atoms with Crippen LogP contribution in [-0.2, 0) is 6.42 Å². The van der Waals surface area contributed by atoms with Crippen LogP contribution in [0.5, 0.6) is 0 Å². The van der Waals surface area contributed by atoms with E-state index in [1.165, 1.54) is 36.0 Å². The lowest BCUT2D eigenvalue weighted by molar-refractivity contribution is 0.796. The Kier molecular flexibility index (Phi) is 3.80. The van der Waals surface area contributed by atoms with Gasteiger partial charge in [0.2, 0.25) is 0 Å². The Morgan fingerprint density at radius 2 is 1.62 bits per heavy atom. The van der Waals surface area contributed by atoms with Crippen LogP contribution in [0.4, 0.5) is 0 Å². The average molecular weight is 332 g/mol. The maximum Gasteiger partial charge on any atom is 0.113 e. The highest BCUT2D eigenvalue weighted by Gasteiger charge is 2.45. The maximum atomic E-state index is 2.55. The van der Waals surface area contributed by atoms with Gasteiger partial charge in [-0.3, -0.25) is 0 Å². The summed E-state index contributed by atoms with van der Waals surface area (Å²) in [5, 5.41) is 3.38. The zero-order valence-electron chi connectivity index (χ0n) is 15.4. The van der Waals surface area contributed by atoms with E-state index in [1.807, 2.05) is 0 Å². The van der Waals surface area contributed by atoms with E-state index in [0.717, 1.165) is 6.42 Å². The molecule has 24 heavy (non-hydrogen) atoms. The van der Waals surface area contributed by atoms with Gasteiger partial charge in [0, 0.05) is 6.42 Å². The van der Waals surface area contributed by atoms with Gasteiger partial charge in [-0.15, -0.1) is 0 Å². The first-order valence-corrected chi connectivity index (χ1v) is 12.4. The minimum Gasteiger partial charge on any atom is -0.0654 e. The fourth-order valence-electron chi connectivity index (χ4n) is 4.57. The van der Waals surface area contributed by atoms with Gasteiger partial charge in [0.25, 0.3) is 0 Å². The SMILES string of the molecule is CCCCC1=C2c3c(ccc(c3-c3ccc(CC)cc3)[Si]2(C)C)[CH]1. The third-order valence-electron chi connectivity index (χ3n) is 5.89. The molecule has 2 aromatic rings. The number of hydrogen-bond acceptors (Lipinski definition) is 0. The van der Waals surface area contributed by atoms with Crippen LogP contribution in [0.3, 0.4) is 0 Å². The molecule has 2 bridgehead atoms. The van der Waals surface area contributed by atoms with Crippen LogP contribution in [0.25, 0.3) is 16.3 Å². The van der Waals surface area contributed by atoms with Crippen LogP contribution in [0, 0.1) is 6.42 Å². The predicted octanol–water partition coefficient (Wildman–Crippen LogP) is 5.89. The predicted molar refractivity (Wildman–Crippen MR) is 108 cm³/mol. The smallest absolute Gasteiger partial charge is 0.0654 e. The van der Waals surface area contributed by atoms with E-state index in [1.54, 1.807) is 27.1 Å². The Labute approximate surface area is 147 Å². The van der Waals surface area contributed by atoms with Gasteiger partial charge in [0.05, 0.1) is 0 Å². The van der Waals surface area contributed by atoms with Gasteiger partial charge in [0.1, 0.15) is 8.07 Å². The highest BCUT2D eigenvalue weighted by molar-refractivity contribution is 7.07. The summed E-state index contributed by atoms with van der Waals surface area (Å²) < 4.78 is 0. The van der Waals surface area contributed by atoms with Crippen LogP contribution in [-0.4, -0.2) is 8.07 Å². The Morgan fingerprint density at radius 3 is 2.29 bits per heavy atom. The Balaban J connectivity index is 1.89. The summed E-state index contributed by atoms with van der Waals surface area (Å²) in [5.74, 6) is 0. The van der Waals surface area contributed by atoms with E-state index in [0.29, 0.717) is 0 Å². The molecule has 0 aromatic heterocycles. The molecule has 0 fully saturated rings. The molecular formula is C23H27Si. The molecular weight excluding hydrogens is 304 g/mol. The van der Waals surface area contributed by atoms with Gasteiger partial charge in [-0.2, -0.15) is 0 Å². The van der Waals surface area contributed by atoms with Gasteiger partial charge < -0.3 is 0 Å². The number of fused-ring (bicyclic) bond motifs is 1. The van der Waals surface area contributed by atoms with E-state index in [2.05, 4.69) is 69.8 Å². The van der Waals surface area contributed by atoms with Crippen molar-refractivity contribution >= 4 is 18.5 Å². The van der Waals surface area contributed by atoms with E-state index >= 15 is 0 Å². The summed E-state index contributed by atoms with van der Waals surface area (Å²) in [5.41, 5.74) is 9.08. The highest BCUT2D eigenvalue weighted by Crippen LogP contribution is 2.50. The molecule has 0 saturated carbocycles. The molecule has 2 aliphatic rings. The zero-order valence-corrected chi connectivity index (χ0v) is 16.4. The molecule has 1 heteroatoms. The molecule has 1 aliphatic carbocycles. The van der Waals surface area contributed by atoms with Crippen molar-refractivity contribution in [2.45, 2.75) is 52.6 Å². The first kappa shape index (κ1) is 15.9. The molecule has 4 rings (SSSR count). The Hall–Kier alpha value is -1.60. The molecule has 0 unspecified atom stereocenters. The first-order chi connectivity index (χ1) is 11.6. The molecule has 0 nitrogen and oxygen atoms in total. The molecule has 123 valence electrons. The van der Waals surface area contributed by atoms with Crippen molar-refractivity contribution in [2.75, 3.05) is 0 Å². The lowest BCUT2D eigenvalue weighted by Crippen LogP contribution is -2.39. The molecule has 1 aliphatic heterocycles. The second kappa shape index (κ2) is 5.74. The molecule has 1 heterocycles. The Morgan fingerprint density at radius 1 is 0.875 bits per heavy atom.